The van der Waals surface area contributed by atoms with Gasteiger partial charge < -0.3 is 10.4 Å². The Bertz CT molecular complexity index is 679. The summed E-state index contributed by atoms with van der Waals surface area (Å²) in [5, 5.41) is 12.5. The maximum atomic E-state index is 11.1. The molecule has 2 N–H and O–H groups in total. The van der Waals surface area contributed by atoms with E-state index in [1.54, 1.807) is 18.2 Å². The molecule has 3 nitrogen and oxygen atoms in total. The van der Waals surface area contributed by atoms with E-state index < -0.39 is 5.97 Å². The van der Waals surface area contributed by atoms with Crippen LogP contribution in [0.25, 0.3) is 11.1 Å². The van der Waals surface area contributed by atoms with Gasteiger partial charge in [0.05, 0.1) is 5.56 Å². The molecule has 0 fully saturated rings. The lowest BCUT2D eigenvalue weighted by Crippen LogP contribution is -2.21. The van der Waals surface area contributed by atoms with Crippen molar-refractivity contribution >= 4 is 5.97 Å². The zero-order valence-corrected chi connectivity index (χ0v) is 12.1. The average molecular weight is 281 g/mol. The van der Waals surface area contributed by atoms with E-state index >= 15 is 0 Å². The Hall–Kier alpha value is -2.13. The number of benzene rings is 2. The first-order valence-corrected chi connectivity index (χ1v) is 7.33. The summed E-state index contributed by atoms with van der Waals surface area (Å²) in [7, 11) is 2.00. The van der Waals surface area contributed by atoms with E-state index in [9.17, 15) is 4.79 Å². The van der Waals surface area contributed by atoms with Gasteiger partial charge in [-0.1, -0.05) is 24.3 Å². The van der Waals surface area contributed by atoms with Crippen molar-refractivity contribution in [2.75, 3.05) is 7.05 Å². The van der Waals surface area contributed by atoms with Crippen molar-refractivity contribution in [2.24, 2.45) is 0 Å². The van der Waals surface area contributed by atoms with Crippen LogP contribution in [0.5, 0.6) is 0 Å². The van der Waals surface area contributed by atoms with Crippen molar-refractivity contribution in [2.45, 2.75) is 25.3 Å². The predicted octanol–water partition coefficient (Wildman–Crippen LogP) is 3.65. The van der Waals surface area contributed by atoms with Gasteiger partial charge in [-0.3, -0.25) is 0 Å². The molecule has 0 amide bonds. The van der Waals surface area contributed by atoms with Crippen LogP contribution in [0.15, 0.2) is 42.5 Å². The first-order valence-electron chi connectivity index (χ1n) is 7.33. The molecule has 0 bridgehead atoms. The van der Waals surface area contributed by atoms with E-state index in [-0.39, 0.29) is 0 Å². The van der Waals surface area contributed by atoms with Crippen molar-refractivity contribution in [3.05, 3.63) is 59.2 Å². The Kier molecular flexibility index (Phi) is 3.76. The zero-order chi connectivity index (χ0) is 14.8. The van der Waals surface area contributed by atoms with E-state index in [1.165, 1.54) is 17.5 Å². The first-order chi connectivity index (χ1) is 10.2. The SMILES string of the molecule is CNC1CCCc2ccc(-c3cccc(C(=O)O)c3)cc21. The van der Waals surface area contributed by atoms with Crippen molar-refractivity contribution in [1.82, 2.24) is 5.32 Å². The highest BCUT2D eigenvalue weighted by Crippen LogP contribution is 2.33. The van der Waals surface area contributed by atoms with Gasteiger partial charge in [0.2, 0.25) is 0 Å². The molecule has 0 spiro atoms. The fourth-order valence-electron chi connectivity index (χ4n) is 3.11. The van der Waals surface area contributed by atoms with Crippen molar-refractivity contribution in [3.63, 3.8) is 0 Å². The second-order valence-electron chi connectivity index (χ2n) is 5.53. The number of hydrogen-bond donors (Lipinski definition) is 2. The minimum Gasteiger partial charge on any atom is -0.478 e. The molecule has 1 aliphatic rings. The monoisotopic (exact) mass is 281 g/mol. The van der Waals surface area contributed by atoms with Crippen LogP contribution in [0.3, 0.4) is 0 Å². The molecular formula is C18H19NO2. The van der Waals surface area contributed by atoms with Crippen molar-refractivity contribution in [1.29, 1.82) is 0 Å². The normalized spacial score (nSPS) is 17.3. The van der Waals surface area contributed by atoms with Crippen LogP contribution >= 0.6 is 0 Å². The van der Waals surface area contributed by atoms with E-state index in [2.05, 4.69) is 23.5 Å². The van der Waals surface area contributed by atoms with E-state index in [0.29, 0.717) is 11.6 Å². The quantitative estimate of drug-likeness (QED) is 0.903. The Balaban J connectivity index is 2.04. The van der Waals surface area contributed by atoms with Crippen LogP contribution in [0.4, 0.5) is 0 Å². The van der Waals surface area contributed by atoms with Crippen molar-refractivity contribution in [3.8, 4) is 11.1 Å². The largest absolute Gasteiger partial charge is 0.478 e. The van der Waals surface area contributed by atoms with Gasteiger partial charge in [0, 0.05) is 6.04 Å². The van der Waals surface area contributed by atoms with Crippen LogP contribution < -0.4 is 5.32 Å². The summed E-state index contributed by atoms with van der Waals surface area (Å²) in [5.74, 6) is -0.886. The molecule has 0 aromatic heterocycles. The third kappa shape index (κ3) is 2.69. The summed E-state index contributed by atoms with van der Waals surface area (Å²) in [6, 6.07) is 14.0. The number of rotatable bonds is 3. The second-order valence-corrected chi connectivity index (χ2v) is 5.53. The van der Waals surface area contributed by atoms with E-state index in [1.807, 2.05) is 13.1 Å². The second kappa shape index (κ2) is 5.70. The summed E-state index contributed by atoms with van der Waals surface area (Å²) >= 11 is 0. The van der Waals surface area contributed by atoms with Gasteiger partial charge in [-0.2, -0.15) is 0 Å². The summed E-state index contributed by atoms with van der Waals surface area (Å²) in [4.78, 5) is 11.1. The fourth-order valence-corrected chi connectivity index (χ4v) is 3.11. The van der Waals surface area contributed by atoms with Crippen LogP contribution in [0.2, 0.25) is 0 Å². The number of hydrogen-bond acceptors (Lipinski definition) is 2. The number of nitrogens with one attached hydrogen (secondary N) is 1. The number of fused-ring (bicyclic) bond motifs is 1. The smallest absolute Gasteiger partial charge is 0.335 e. The Morgan fingerprint density at radius 1 is 1.19 bits per heavy atom. The van der Waals surface area contributed by atoms with Gasteiger partial charge in [-0.25, -0.2) is 4.79 Å². The zero-order valence-electron chi connectivity index (χ0n) is 12.1. The number of aryl methyl sites for hydroxylation is 1. The molecule has 0 saturated carbocycles. The molecule has 1 unspecified atom stereocenters. The summed E-state index contributed by atoms with van der Waals surface area (Å²) in [6.07, 6.45) is 3.50. The highest BCUT2D eigenvalue weighted by molar-refractivity contribution is 5.89. The molecule has 2 aromatic carbocycles. The highest BCUT2D eigenvalue weighted by Gasteiger charge is 2.19. The number of carboxylic acids is 1. The van der Waals surface area contributed by atoms with Gasteiger partial charge in [0.1, 0.15) is 0 Å². The summed E-state index contributed by atoms with van der Waals surface area (Å²) in [5.41, 5.74) is 5.12. The Morgan fingerprint density at radius 3 is 2.76 bits per heavy atom. The van der Waals surface area contributed by atoms with Gasteiger partial charge in [-0.05, 0) is 66.8 Å². The predicted molar refractivity (Wildman–Crippen MR) is 83.6 cm³/mol. The summed E-state index contributed by atoms with van der Waals surface area (Å²) < 4.78 is 0. The number of aromatic carboxylic acids is 1. The molecule has 0 radical (unpaired) electrons. The minimum atomic E-state index is -0.886. The molecule has 0 aliphatic heterocycles. The molecular weight excluding hydrogens is 262 g/mol. The molecule has 3 rings (SSSR count). The van der Waals surface area contributed by atoms with Crippen LogP contribution in [-0.4, -0.2) is 18.1 Å². The third-order valence-corrected chi connectivity index (χ3v) is 4.25. The Morgan fingerprint density at radius 2 is 2.00 bits per heavy atom. The molecule has 2 aromatic rings. The van der Waals surface area contributed by atoms with E-state index in [0.717, 1.165) is 24.0 Å². The minimum absolute atomic E-state index is 0.329. The highest BCUT2D eigenvalue weighted by atomic mass is 16.4. The van der Waals surface area contributed by atoms with Crippen LogP contribution in [0, 0.1) is 0 Å². The maximum absolute atomic E-state index is 11.1. The average Bonchev–Trinajstić information content (AvgIpc) is 2.53. The fraction of sp³-hybridized carbons (Fsp3) is 0.278. The van der Waals surface area contributed by atoms with Gasteiger partial charge in [0.15, 0.2) is 0 Å². The van der Waals surface area contributed by atoms with Gasteiger partial charge >= 0.3 is 5.97 Å². The standard InChI is InChI=1S/C18H19NO2/c1-19-17-7-3-4-12-8-9-14(11-16(12)17)13-5-2-6-15(10-13)18(20)21/h2,5-6,8-11,17,19H,3-4,7H2,1H3,(H,20,21). The van der Waals surface area contributed by atoms with Crippen LogP contribution in [-0.2, 0) is 6.42 Å². The van der Waals surface area contributed by atoms with Crippen LogP contribution in [0.1, 0.15) is 40.4 Å². The van der Waals surface area contributed by atoms with E-state index in [4.69, 9.17) is 5.11 Å². The molecule has 3 heteroatoms. The third-order valence-electron chi connectivity index (χ3n) is 4.25. The molecule has 1 aliphatic carbocycles. The lowest BCUT2D eigenvalue weighted by molar-refractivity contribution is 0.0697. The molecule has 108 valence electrons. The number of carboxylic acid groups (broad SMARTS) is 1. The Labute approximate surface area is 124 Å². The summed E-state index contributed by atoms with van der Waals surface area (Å²) in [6.45, 7) is 0. The molecule has 0 saturated heterocycles. The number of carbonyl (C=O) groups is 1. The maximum Gasteiger partial charge on any atom is 0.335 e. The van der Waals surface area contributed by atoms with Gasteiger partial charge in [0.25, 0.3) is 0 Å². The molecule has 0 heterocycles. The first kappa shape index (κ1) is 13.8. The molecule has 1 atom stereocenters. The van der Waals surface area contributed by atoms with Crippen molar-refractivity contribution < 1.29 is 9.90 Å². The van der Waals surface area contributed by atoms with Gasteiger partial charge in [-0.15, -0.1) is 0 Å². The lowest BCUT2D eigenvalue weighted by Gasteiger charge is -2.25. The molecule has 21 heavy (non-hydrogen) atoms. The topological polar surface area (TPSA) is 49.3 Å². The lowest BCUT2D eigenvalue weighted by atomic mass is 9.85.